The number of hydrogen-bond donors (Lipinski definition) is 2. The van der Waals surface area contributed by atoms with Crippen LogP contribution in [0.2, 0.25) is 0 Å². The fourth-order valence-electron chi connectivity index (χ4n) is 3.81. The number of nitrogens with zero attached hydrogens (tertiary/aromatic N) is 3. The lowest BCUT2D eigenvalue weighted by Crippen LogP contribution is -2.42. The third kappa shape index (κ3) is 3.83. The Morgan fingerprint density at radius 3 is 2.57 bits per heavy atom. The summed E-state index contributed by atoms with van der Waals surface area (Å²) in [4.78, 5) is 43.5. The van der Waals surface area contributed by atoms with Crippen molar-refractivity contribution >= 4 is 17.7 Å². The molecule has 0 spiro atoms. The van der Waals surface area contributed by atoms with Crippen LogP contribution in [0.1, 0.15) is 49.6 Å². The lowest BCUT2D eigenvalue weighted by Gasteiger charge is -2.31. The van der Waals surface area contributed by atoms with Crippen LogP contribution in [0.15, 0.2) is 10.9 Å². The van der Waals surface area contributed by atoms with Crippen LogP contribution >= 0.6 is 0 Å². The van der Waals surface area contributed by atoms with Gasteiger partial charge in [0.2, 0.25) is 11.9 Å². The minimum absolute atomic E-state index is 0.197. The van der Waals surface area contributed by atoms with Crippen molar-refractivity contribution in [2.75, 3.05) is 5.32 Å². The Morgan fingerprint density at radius 1 is 1.29 bits per heavy atom. The molecule has 2 aromatic rings. The first-order chi connectivity index (χ1) is 13.3. The molecule has 0 bridgehead atoms. The summed E-state index contributed by atoms with van der Waals surface area (Å²) in [7, 11) is 0. The maximum absolute atomic E-state index is 12.8. The molecule has 0 unspecified atom stereocenters. The number of carbonyl (C=O) groups excluding carboxylic acids is 2. The summed E-state index contributed by atoms with van der Waals surface area (Å²) < 4.78 is 1.36. The van der Waals surface area contributed by atoms with E-state index < -0.39 is 17.8 Å². The molecule has 150 valence electrons. The van der Waals surface area contributed by atoms with Crippen LogP contribution in [0, 0.1) is 25.7 Å². The molecular formula is C19H24N5O4-. The molecule has 9 nitrogen and oxygen atoms in total. The number of H-pyrrole nitrogens is 1. The molecule has 0 saturated heterocycles. The molecule has 1 saturated carbocycles. The predicted octanol–water partition coefficient (Wildman–Crippen LogP) is 0.630. The number of anilines is 1. The topological polar surface area (TPSA) is 133 Å². The largest absolute Gasteiger partial charge is 0.550 e. The number of carboxylic acid groups (broad SMARTS) is 1. The van der Waals surface area contributed by atoms with Gasteiger partial charge in [0.05, 0.1) is 5.69 Å². The smallest absolute Gasteiger partial charge is 0.255 e. The highest BCUT2D eigenvalue weighted by Gasteiger charge is 2.32. The van der Waals surface area contributed by atoms with Gasteiger partial charge in [-0.15, -0.1) is 0 Å². The molecule has 0 aliphatic heterocycles. The Labute approximate surface area is 162 Å². The van der Waals surface area contributed by atoms with Crippen molar-refractivity contribution in [3.63, 3.8) is 0 Å². The van der Waals surface area contributed by atoms with E-state index in [-0.39, 0.29) is 17.4 Å². The number of hydrogen-bond acceptors (Lipinski definition) is 6. The number of amides is 1. The first-order valence-electron chi connectivity index (χ1n) is 9.50. The zero-order chi connectivity index (χ0) is 20.4. The summed E-state index contributed by atoms with van der Waals surface area (Å²) in [6.07, 6.45) is 3.06. The van der Waals surface area contributed by atoms with Gasteiger partial charge in [0.15, 0.2) is 0 Å². The van der Waals surface area contributed by atoms with Gasteiger partial charge >= 0.3 is 0 Å². The first-order valence-corrected chi connectivity index (χ1v) is 9.50. The molecule has 2 aromatic heterocycles. The van der Waals surface area contributed by atoms with Gasteiger partial charge < -0.3 is 15.2 Å². The van der Waals surface area contributed by atoms with Gasteiger partial charge in [-0.1, -0.05) is 19.8 Å². The van der Waals surface area contributed by atoms with Crippen molar-refractivity contribution in [2.24, 2.45) is 11.8 Å². The second-order valence-corrected chi connectivity index (χ2v) is 7.20. The van der Waals surface area contributed by atoms with Crippen molar-refractivity contribution in [2.45, 2.75) is 52.9 Å². The van der Waals surface area contributed by atoms with Crippen LogP contribution in [-0.4, -0.2) is 31.6 Å². The van der Waals surface area contributed by atoms with Gasteiger partial charge in [-0.3, -0.25) is 14.6 Å². The molecule has 9 heteroatoms. The zero-order valence-corrected chi connectivity index (χ0v) is 16.2. The van der Waals surface area contributed by atoms with Crippen molar-refractivity contribution in [3.05, 3.63) is 33.4 Å². The molecule has 1 amide bonds. The number of carbonyl (C=O) groups is 2. The highest BCUT2D eigenvalue weighted by atomic mass is 16.4. The van der Waals surface area contributed by atoms with Crippen molar-refractivity contribution < 1.29 is 14.7 Å². The molecule has 0 aromatic carbocycles. The second kappa shape index (κ2) is 7.95. The Hall–Kier alpha value is -2.97. The maximum atomic E-state index is 12.8. The molecular weight excluding hydrogens is 362 g/mol. The van der Waals surface area contributed by atoms with Gasteiger partial charge in [0.1, 0.15) is 5.82 Å². The average Bonchev–Trinajstić information content (AvgIpc) is 3.01. The molecule has 3 rings (SSSR count). The second-order valence-electron chi connectivity index (χ2n) is 7.20. The van der Waals surface area contributed by atoms with E-state index in [9.17, 15) is 19.5 Å². The van der Waals surface area contributed by atoms with Gasteiger partial charge in [0.25, 0.3) is 5.56 Å². The Balaban J connectivity index is 1.92. The average molecular weight is 386 g/mol. The van der Waals surface area contributed by atoms with Crippen molar-refractivity contribution in [1.29, 1.82) is 0 Å². The number of carboxylic acids is 1. The van der Waals surface area contributed by atoms with E-state index in [4.69, 9.17) is 0 Å². The molecule has 0 radical (unpaired) electrons. The molecule has 28 heavy (non-hydrogen) atoms. The molecule has 1 aliphatic carbocycles. The van der Waals surface area contributed by atoms with Crippen LogP contribution in [0.3, 0.4) is 0 Å². The third-order valence-corrected chi connectivity index (χ3v) is 5.25. The summed E-state index contributed by atoms with van der Waals surface area (Å²) in [6, 6.07) is 1.65. The number of aromatic nitrogens is 4. The van der Waals surface area contributed by atoms with E-state index in [1.54, 1.807) is 19.9 Å². The first kappa shape index (κ1) is 19.8. The lowest BCUT2D eigenvalue weighted by molar-refractivity contribution is -0.313. The molecule has 2 atom stereocenters. The fourth-order valence-corrected chi connectivity index (χ4v) is 3.81. The molecule has 2 heterocycles. The van der Waals surface area contributed by atoms with E-state index in [0.717, 1.165) is 12.8 Å². The Morgan fingerprint density at radius 2 is 1.96 bits per heavy atom. The Kier molecular flexibility index (Phi) is 5.62. The summed E-state index contributed by atoms with van der Waals surface area (Å²) in [5, 5.41) is 18.5. The highest BCUT2D eigenvalue weighted by Crippen LogP contribution is 2.31. The zero-order valence-electron chi connectivity index (χ0n) is 16.2. The Bertz CT molecular complexity index is 962. The van der Waals surface area contributed by atoms with E-state index in [2.05, 4.69) is 20.4 Å². The molecule has 2 N–H and O–H groups in total. The molecule has 1 fully saturated rings. The minimum atomic E-state index is -1.19. The summed E-state index contributed by atoms with van der Waals surface area (Å²) in [5.41, 5.74) is 1.56. The van der Waals surface area contributed by atoms with E-state index in [1.807, 2.05) is 6.92 Å². The normalized spacial score (nSPS) is 19.4. The third-order valence-electron chi connectivity index (χ3n) is 5.25. The number of aryl methyl sites for hydroxylation is 2. The van der Waals surface area contributed by atoms with Gasteiger partial charge in [-0.05, 0) is 33.1 Å². The SMILES string of the molecule is CCc1c(C)nc(-n2nc(C)cc2NC(=O)[C@@H]2CCCC[C@@H]2C(=O)[O-])[nH]c1=O. The predicted molar refractivity (Wildman–Crippen MR) is 99.9 cm³/mol. The quantitative estimate of drug-likeness (QED) is 0.774. The number of nitrogens with one attached hydrogen (secondary N) is 2. The summed E-state index contributed by atoms with van der Waals surface area (Å²) >= 11 is 0. The van der Waals surface area contributed by atoms with Crippen LogP contribution in [-0.2, 0) is 16.0 Å². The summed E-state index contributed by atoms with van der Waals surface area (Å²) in [5.74, 6) is -2.50. The van der Waals surface area contributed by atoms with Gasteiger partial charge in [-0.2, -0.15) is 9.78 Å². The van der Waals surface area contributed by atoms with Crippen LogP contribution in [0.4, 0.5) is 5.82 Å². The van der Waals surface area contributed by atoms with E-state index in [1.165, 1.54) is 4.68 Å². The fraction of sp³-hybridized carbons (Fsp3) is 0.526. The number of rotatable bonds is 5. The number of aliphatic carboxylic acids is 1. The van der Waals surface area contributed by atoms with Gasteiger partial charge in [0, 0.05) is 35.1 Å². The molecule has 1 aliphatic rings. The van der Waals surface area contributed by atoms with Gasteiger partial charge in [-0.25, -0.2) is 4.98 Å². The lowest BCUT2D eigenvalue weighted by atomic mass is 9.79. The summed E-state index contributed by atoms with van der Waals surface area (Å²) in [6.45, 7) is 5.38. The number of aromatic amines is 1. The van der Waals surface area contributed by atoms with Crippen LogP contribution in [0.5, 0.6) is 0 Å². The highest BCUT2D eigenvalue weighted by molar-refractivity contribution is 5.94. The van der Waals surface area contributed by atoms with Crippen LogP contribution in [0.25, 0.3) is 5.95 Å². The van der Waals surface area contributed by atoms with E-state index in [0.29, 0.717) is 42.0 Å². The minimum Gasteiger partial charge on any atom is -0.550 e. The van der Waals surface area contributed by atoms with Crippen molar-refractivity contribution in [3.8, 4) is 5.95 Å². The standard InChI is InChI=1S/C19H25N5O4/c1-4-12-11(3)20-19(22-16(12)25)24-15(9-10(2)23-24)21-17(26)13-7-5-6-8-14(13)18(27)28/h9,13-14H,4-8H2,1-3H3,(H,21,26)(H,27,28)(H,20,22,25)/p-1/t13-,14+/m1/s1. The maximum Gasteiger partial charge on any atom is 0.255 e. The monoisotopic (exact) mass is 386 g/mol. The van der Waals surface area contributed by atoms with E-state index >= 15 is 0 Å². The van der Waals surface area contributed by atoms with Crippen LogP contribution < -0.4 is 16.0 Å². The van der Waals surface area contributed by atoms with Crippen molar-refractivity contribution in [1.82, 2.24) is 19.7 Å².